The third-order valence-corrected chi connectivity index (χ3v) is 11.0. The van der Waals surface area contributed by atoms with Crippen LogP contribution < -0.4 is 4.90 Å². The second-order valence-electron chi connectivity index (χ2n) is 15.2. The summed E-state index contributed by atoms with van der Waals surface area (Å²) in [4.78, 5) is 7.20. The number of hydrogen-bond donors (Lipinski definition) is 0. The molecule has 0 unspecified atom stereocenters. The number of aryl methyl sites for hydroxylation is 1. The number of imidazole rings is 1. The minimum absolute atomic E-state index is 0.140. The molecule has 0 bridgehead atoms. The number of fused-ring (bicyclic) bond motifs is 4. The van der Waals surface area contributed by atoms with E-state index in [1.165, 1.54) is 27.7 Å². The van der Waals surface area contributed by atoms with Gasteiger partial charge in [0.25, 0.3) is 0 Å². The molecule has 0 spiro atoms. The maximum absolute atomic E-state index is 4.80. The number of anilines is 3. The molecular weight excluding hydrogens is 806 g/mol. The van der Waals surface area contributed by atoms with E-state index in [-0.39, 0.29) is 10.8 Å². The zero-order valence-electron chi connectivity index (χ0n) is 30.1. The van der Waals surface area contributed by atoms with Crippen molar-refractivity contribution in [3.05, 3.63) is 149 Å². The SMILES string of the molecule is Cn1[c](=[Pt])n(-c2[c-]c(N(c3[c-]c4c(cc3)c3ccccc3n4-c3ccccn3)c3c(C(C)(C)C)cccc3C(C)(C)C)ccc2)c2ccccc21. The van der Waals surface area contributed by atoms with E-state index in [1.54, 1.807) is 0 Å². The Hall–Kier alpha value is -4.99. The Bertz CT molecular complexity index is 2610. The fourth-order valence-corrected chi connectivity index (χ4v) is 8.12. The average Bonchev–Trinajstić information content (AvgIpc) is 3.58. The first kappa shape index (κ1) is 33.2. The second kappa shape index (κ2) is 12.4. The molecule has 8 rings (SSSR count). The van der Waals surface area contributed by atoms with E-state index in [0.717, 1.165) is 48.6 Å². The van der Waals surface area contributed by atoms with Crippen LogP contribution in [0.5, 0.6) is 0 Å². The molecule has 258 valence electrons. The van der Waals surface area contributed by atoms with Gasteiger partial charge in [0, 0.05) is 6.20 Å². The van der Waals surface area contributed by atoms with Crippen molar-refractivity contribution in [3.63, 3.8) is 0 Å². The molecule has 0 aliphatic rings. The van der Waals surface area contributed by atoms with Gasteiger partial charge in [0.05, 0.1) is 0 Å². The van der Waals surface area contributed by atoms with Crippen molar-refractivity contribution in [2.45, 2.75) is 52.4 Å². The number of nitrogens with zero attached hydrogens (tertiary/aromatic N) is 5. The van der Waals surface area contributed by atoms with E-state index in [4.69, 9.17) is 4.98 Å². The van der Waals surface area contributed by atoms with Gasteiger partial charge in [-0.3, -0.25) is 0 Å². The summed E-state index contributed by atoms with van der Waals surface area (Å²) in [7, 11) is 2.12. The Morgan fingerprint density at radius 3 is 1.90 bits per heavy atom. The standard InChI is InChI=1S/C45H41N5.Pt/c1-44(2,3)36-19-15-20-37(45(4,5)6)43(36)49(32-17-14-16-31(28-32)48-30-47(7)39-22-10-11-23-40(39)48)33-25-26-35-34-18-8-9-21-38(34)50(41(35)29-33)42-24-12-13-27-46-42;/h8-27H,1-7H3;/q-2;. The van der Waals surface area contributed by atoms with Crippen molar-refractivity contribution < 1.29 is 19.4 Å². The van der Waals surface area contributed by atoms with Gasteiger partial charge < -0.3 is 0 Å². The molecule has 5 aromatic carbocycles. The van der Waals surface area contributed by atoms with Crippen LogP contribution in [0.2, 0.25) is 0 Å². The Labute approximate surface area is 310 Å². The third kappa shape index (κ3) is 5.59. The van der Waals surface area contributed by atoms with Gasteiger partial charge in [0.1, 0.15) is 0 Å². The van der Waals surface area contributed by atoms with Gasteiger partial charge in [-0.25, -0.2) is 0 Å². The molecular formula is C45H41N5Pt-2. The Balaban J connectivity index is 1.47. The number of pyridine rings is 1. The molecule has 0 N–H and O–H groups in total. The first-order chi connectivity index (χ1) is 24.4. The summed E-state index contributed by atoms with van der Waals surface area (Å²) < 4.78 is 7.88. The Morgan fingerprint density at radius 1 is 0.588 bits per heavy atom. The van der Waals surface area contributed by atoms with Gasteiger partial charge in [-0.05, 0) is 6.07 Å². The molecule has 0 radical (unpaired) electrons. The van der Waals surface area contributed by atoms with Crippen molar-refractivity contribution in [3.8, 4) is 11.5 Å². The maximum atomic E-state index is 4.80. The van der Waals surface area contributed by atoms with E-state index < -0.39 is 0 Å². The van der Waals surface area contributed by atoms with Crippen LogP contribution in [0.15, 0.2) is 121 Å². The van der Waals surface area contributed by atoms with Gasteiger partial charge in [0.15, 0.2) is 0 Å². The monoisotopic (exact) mass is 846 g/mol. The molecule has 0 atom stereocenters. The molecule has 0 saturated carbocycles. The van der Waals surface area contributed by atoms with E-state index >= 15 is 0 Å². The summed E-state index contributed by atoms with van der Waals surface area (Å²) in [6.07, 6.45) is 1.86. The zero-order chi connectivity index (χ0) is 35.7. The fraction of sp³-hybridized carbons (Fsp3) is 0.200. The molecule has 0 saturated heterocycles. The Kier molecular flexibility index (Phi) is 8.03. The molecule has 0 aliphatic carbocycles. The number of benzene rings is 5. The molecule has 6 heteroatoms. The summed E-state index contributed by atoms with van der Waals surface area (Å²) in [5, 5.41) is 2.31. The second-order valence-corrected chi connectivity index (χ2v) is 16.2. The van der Waals surface area contributed by atoms with Gasteiger partial charge in [-0.1, -0.05) is 18.2 Å². The molecule has 0 aliphatic heterocycles. The molecule has 3 heterocycles. The van der Waals surface area contributed by atoms with Crippen LogP contribution in [0, 0.1) is 15.9 Å². The number of aromatic nitrogens is 4. The first-order valence-corrected chi connectivity index (χ1v) is 18.5. The quantitative estimate of drug-likeness (QED) is 0.162. The summed E-state index contributed by atoms with van der Waals surface area (Å²) in [6.45, 7) is 13.8. The van der Waals surface area contributed by atoms with Gasteiger partial charge in [-0.15, -0.1) is 0 Å². The van der Waals surface area contributed by atoms with E-state index in [0.29, 0.717) is 0 Å². The van der Waals surface area contributed by atoms with Crippen molar-refractivity contribution in [2.24, 2.45) is 7.05 Å². The molecule has 51 heavy (non-hydrogen) atoms. The average molecular weight is 847 g/mol. The molecule has 0 fully saturated rings. The zero-order valence-corrected chi connectivity index (χ0v) is 32.4. The summed E-state index contributed by atoms with van der Waals surface area (Å²) in [6, 6.07) is 48.8. The predicted octanol–water partition coefficient (Wildman–Crippen LogP) is 11.2. The molecule has 0 amide bonds. The summed E-state index contributed by atoms with van der Waals surface area (Å²) in [5.74, 6) is 0.865. The van der Waals surface area contributed by atoms with Gasteiger partial charge in [-0.2, -0.15) is 0 Å². The van der Waals surface area contributed by atoms with E-state index in [2.05, 4.69) is 202 Å². The van der Waals surface area contributed by atoms with Crippen LogP contribution in [0.25, 0.3) is 44.3 Å². The fourth-order valence-electron chi connectivity index (χ4n) is 7.30. The van der Waals surface area contributed by atoms with Crippen LogP contribution in [0.4, 0.5) is 17.1 Å². The van der Waals surface area contributed by atoms with Crippen molar-refractivity contribution >= 4 is 49.9 Å². The van der Waals surface area contributed by atoms with Crippen LogP contribution in [0.3, 0.4) is 0 Å². The predicted molar refractivity (Wildman–Crippen MR) is 207 cm³/mol. The van der Waals surface area contributed by atoms with Crippen LogP contribution in [-0.2, 0) is 37.2 Å². The summed E-state index contributed by atoms with van der Waals surface area (Å²) >= 11 is 2.43. The van der Waals surface area contributed by atoms with Crippen LogP contribution in [0.1, 0.15) is 52.7 Å². The first-order valence-electron chi connectivity index (χ1n) is 17.4. The number of rotatable bonds is 5. The normalized spacial score (nSPS) is 12.3. The Morgan fingerprint density at radius 2 is 1.22 bits per heavy atom. The van der Waals surface area contributed by atoms with Crippen molar-refractivity contribution in [1.29, 1.82) is 0 Å². The number of para-hydroxylation sites is 4. The third-order valence-electron chi connectivity index (χ3n) is 9.72. The van der Waals surface area contributed by atoms with Gasteiger partial charge >= 0.3 is 282 Å². The topological polar surface area (TPSA) is 30.9 Å². The number of hydrogen-bond acceptors (Lipinski definition) is 2. The van der Waals surface area contributed by atoms with Crippen molar-refractivity contribution in [1.82, 2.24) is 18.7 Å². The minimum atomic E-state index is -0.140. The van der Waals surface area contributed by atoms with E-state index in [1.807, 2.05) is 18.3 Å². The molecule has 5 nitrogen and oxygen atoms in total. The molecule has 3 aromatic heterocycles. The van der Waals surface area contributed by atoms with Crippen LogP contribution >= 0.6 is 0 Å². The van der Waals surface area contributed by atoms with Gasteiger partial charge in [0.2, 0.25) is 0 Å². The van der Waals surface area contributed by atoms with Crippen molar-refractivity contribution in [2.75, 3.05) is 4.90 Å². The summed E-state index contributed by atoms with van der Waals surface area (Å²) in [5.41, 5.74) is 10.7. The molecule has 8 aromatic rings. The van der Waals surface area contributed by atoms with E-state index in [9.17, 15) is 0 Å². The van der Waals surface area contributed by atoms with Crippen LogP contribution in [-0.4, -0.2) is 18.7 Å².